The normalized spacial score (nSPS) is 13.5. The lowest BCUT2D eigenvalue weighted by Gasteiger charge is -2.29. The molecule has 0 aromatic rings. The number of hydrogen-bond acceptors (Lipinski definition) is 4. The molecule has 0 aliphatic carbocycles. The number of Topliss-reactive ketones (excluding diaryl/α,β-unsaturated/α-hetero) is 3. The van der Waals surface area contributed by atoms with Gasteiger partial charge in [-0.05, 0) is 27.2 Å². The molecule has 0 saturated heterocycles. The van der Waals surface area contributed by atoms with Gasteiger partial charge in [0, 0.05) is 0 Å². The van der Waals surface area contributed by atoms with E-state index in [0.717, 1.165) is 13.8 Å². The van der Waals surface area contributed by atoms with Crippen LogP contribution in [0.4, 0.5) is 0 Å². The number of carbonyl (C=O) groups excluding carboxylic acids is 3. The van der Waals surface area contributed by atoms with Crippen molar-refractivity contribution in [1.82, 2.24) is 0 Å². The lowest BCUT2D eigenvalue weighted by Crippen LogP contribution is -2.52. The van der Waals surface area contributed by atoms with Crippen LogP contribution in [-0.4, -0.2) is 28.1 Å². The molecule has 0 aromatic carbocycles. The molecule has 1 atom stereocenters. The Kier molecular flexibility index (Phi) is 4.13. The highest BCUT2D eigenvalue weighted by Crippen LogP contribution is 2.24. The number of aliphatic hydroxyl groups is 1. The van der Waals surface area contributed by atoms with E-state index in [2.05, 4.69) is 0 Å². The van der Waals surface area contributed by atoms with Gasteiger partial charge in [0.1, 0.15) is 5.78 Å². The smallest absolute Gasteiger partial charge is 0.190 e. The maximum absolute atomic E-state index is 11.2. The predicted octanol–water partition coefficient (Wildman–Crippen LogP) is 0.511. The summed E-state index contributed by atoms with van der Waals surface area (Å²) in [4.78, 5) is 33.5. The molecule has 0 aromatic heterocycles. The van der Waals surface area contributed by atoms with E-state index in [4.69, 9.17) is 0 Å². The van der Waals surface area contributed by atoms with Gasteiger partial charge in [-0.2, -0.15) is 0 Å². The fraction of sp³-hybridized carbons (Fsp3) is 0.700. The van der Waals surface area contributed by atoms with Crippen LogP contribution in [0.1, 0.15) is 34.1 Å². The fourth-order valence-corrected chi connectivity index (χ4v) is 1.62. The quantitative estimate of drug-likeness (QED) is 0.656. The molecular weight excluding hydrogens is 184 g/mol. The molecule has 0 spiro atoms. The molecule has 1 N–H and O–H groups in total. The Morgan fingerprint density at radius 3 is 1.57 bits per heavy atom. The van der Waals surface area contributed by atoms with Crippen molar-refractivity contribution in [1.29, 1.82) is 0 Å². The van der Waals surface area contributed by atoms with E-state index in [1.54, 1.807) is 6.92 Å². The van der Waals surface area contributed by atoms with Crippen LogP contribution >= 0.6 is 0 Å². The lowest BCUT2D eigenvalue weighted by atomic mass is 9.77. The molecule has 4 nitrogen and oxygen atoms in total. The summed E-state index contributed by atoms with van der Waals surface area (Å²) in [6, 6.07) is 0. The summed E-state index contributed by atoms with van der Waals surface area (Å²) in [5, 5.41) is 9.88. The molecule has 0 rings (SSSR count). The van der Waals surface area contributed by atoms with Crippen molar-refractivity contribution < 1.29 is 19.5 Å². The van der Waals surface area contributed by atoms with E-state index >= 15 is 0 Å². The first-order valence-corrected chi connectivity index (χ1v) is 4.53. The van der Waals surface area contributed by atoms with Gasteiger partial charge in [0.05, 0.1) is 5.92 Å². The largest absolute Gasteiger partial charge is 0.374 e. The molecule has 0 bridgehead atoms. The van der Waals surface area contributed by atoms with E-state index in [9.17, 15) is 19.5 Å². The maximum Gasteiger partial charge on any atom is 0.190 e. The van der Waals surface area contributed by atoms with Gasteiger partial charge in [-0.25, -0.2) is 0 Å². The molecule has 0 fully saturated rings. The monoisotopic (exact) mass is 200 g/mol. The summed E-state index contributed by atoms with van der Waals surface area (Å²) in [6.45, 7) is 5.16. The van der Waals surface area contributed by atoms with Gasteiger partial charge in [-0.3, -0.25) is 14.4 Å². The van der Waals surface area contributed by atoms with Crippen LogP contribution in [0.25, 0.3) is 0 Å². The van der Waals surface area contributed by atoms with Crippen molar-refractivity contribution in [3.63, 3.8) is 0 Å². The molecule has 0 radical (unpaired) electrons. The van der Waals surface area contributed by atoms with Gasteiger partial charge in [-0.1, -0.05) is 6.92 Å². The van der Waals surface area contributed by atoms with Crippen molar-refractivity contribution >= 4 is 17.3 Å². The van der Waals surface area contributed by atoms with Crippen LogP contribution < -0.4 is 0 Å². The minimum absolute atomic E-state index is 0.269. The van der Waals surface area contributed by atoms with Crippen molar-refractivity contribution in [2.24, 2.45) is 5.92 Å². The second kappa shape index (κ2) is 4.46. The van der Waals surface area contributed by atoms with Gasteiger partial charge in [0.25, 0.3) is 0 Å². The van der Waals surface area contributed by atoms with Crippen LogP contribution in [0.15, 0.2) is 0 Å². The van der Waals surface area contributed by atoms with Crippen molar-refractivity contribution in [3.8, 4) is 0 Å². The zero-order chi connectivity index (χ0) is 11.5. The van der Waals surface area contributed by atoms with E-state index in [1.165, 1.54) is 6.92 Å². The van der Waals surface area contributed by atoms with Gasteiger partial charge in [-0.15, -0.1) is 0 Å². The molecule has 4 heteroatoms. The number of ketones is 3. The van der Waals surface area contributed by atoms with E-state index in [-0.39, 0.29) is 12.2 Å². The molecule has 0 saturated carbocycles. The summed E-state index contributed by atoms with van der Waals surface area (Å²) in [5.74, 6) is -2.63. The van der Waals surface area contributed by atoms with E-state index < -0.39 is 23.1 Å². The minimum Gasteiger partial charge on any atom is -0.374 e. The summed E-state index contributed by atoms with van der Waals surface area (Å²) in [6.07, 6.45) is 0.269. The molecule has 14 heavy (non-hydrogen) atoms. The molecular formula is C10H16O4. The first-order valence-electron chi connectivity index (χ1n) is 4.53. The topological polar surface area (TPSA) is 71.4 Å². The Bertz CT molecular complexity index is 253. The van der Waals surface area contributed by atoms with Crippen LogP contribution in [-0.2, 0) is 14.4 Å². The predicted molar refractivity (Wildman–Crippen MR) is 50.8 cm³/mol. The Morgan fingerprint density at radius 2 is 1.50 bits per heavy atom. The Hall–Kier alpha value is -1.03. The molecule has 0 aliphatic rings. The second-order valence-corrected chi connectivity index (χ2v) is 3.45. The summed E-state index contributed by atoms with van der Waals surface area (Å²) >= 11 is 0. The molecule has 80 valence electrons. The highest BCUT2D eigenvalue weighted by Gasteiger charge is 2.47. The van der Waals surface area contributed by atoms with Crippen LogP contribution in [0.3, 0.4) is 0 Å². The Labute approximate surface area is 83.3 Å². The zero-order valence-electron chi connectivity index (χ0n) is 8.96. The summed E-state index contributed by atoms with van der Waals surface area (Å²) in [5.41, 5.74) is -2.14. The summed E-state index contributed by atoms with van der Waals surface area (Å²) in [7, 11) is 0. The van der Waals surface area contributed by atoms with Gasteiger partial charge >= 0.3 is 0 Å². The van der Waals surface area contributed by atoms with Gasteiger partial charge < -0.3 is 5.11 Å². The standard InChI is InChI=1S/C10H16O4/c1-5-9(6(2)11)10(14,7(3)12)8(4)13/h9,14H,5H2,1-4H3. The van der Waals surface area contributed by atoms with Crippen LogP contribution in [0.5, 0.6) is 0 Å². The highest BCUT2D eigenvalue weighted by atomic mass is 16.3. The first kappa shape index (κ1) is 13.0. The number of rotatable bonds is 5. The van der Waals surface area contributed by atoms with Crippen molar-refractivity contribution in [2.75, 3.05) is 0 Å². The molecule has 0 amide bonds. The highest BCUT2D eigenvalue weighted by molar-refractivity contribution is 6.11. The average Bonchev–Trinajstić information content (AvgIpc) is 2.03. The fourth-order valence-electron chi connectivity index (χ4n) is 1.62. The minimum atomic E-state index is -2.14. The van der Waals surface area contributed by atoms with Crippen molar-refractivity contribution in [3.05, 3.63) is 0 Å². The third-order valence-corrected chi connectivity index (χ3v) is 2.48. The summed E-state index contributed by atoms with van der Waals surface area (Å²) < 4.78 is 0. The van der Waals surface area contributed by atoms with Crippen LogP contribution in [0.2, 0.25) is 0 Å². The molecule has 0 heterocycles. The van der Waals surface area contributed by atoms with E-state index in [1.807, 2.05) is 0 Å². The van der Waals surface area contributed by atoms with Crippen molar-refractivity contribution in [2.45, 2.75) is 39.7 Å². The van der Waals surface area contributed by atoms with E-state index in [0.29, 0.717) is 0 Å². The number of carbonyl (C=O) groups is 3. The average molecular weight is 200 g/mol. The molecule has 1 unspecified atom stereocenters. The number of hydrogen-bond donors (Lipinski definition) is 1. The third kappa shape index (κ3) is 2.07. The Morgan fingerprint density at radius 1 is 1.14 bits per heavy atom. The second-order valence-electron chi connectivity index (χ2n) is 3.45. The van der Waals surface area contributed by atoms with Gasteiger partial charge in [0.2, 0.25) is 0 Å². The van der Waals surface area contributed by atoms with Gasteiger partial charge in [0.15, 0.2) is 17.2 Å². The Balaban J connectivity index is 5.28. The lowest BCUT2D eigenvalue weighted by molar-refractivity contribution is -0.158. The molecule has 0 aliphatic heterocycles. The first-order chi connectivity index (χ1) is 6.28. The third-order valence-electron chi connectivity index (χ3n) is 2.48. The maximum atomic E-state index is 11.2. The van der Waals surface area contributed by atoms with Crippen LogP contribution in [0, 0.1) is 5.92 Å². The SMILES string of the molecule is CCC(C(C)=O)C(O)(C(C)=O)C(C)=O. The zero-order valence-corrected chi connectivity index (χ0v) is 8.96.